The van der Waals surface area contributed by atoms with E-state index in [1.165, 1.54) is 5.69 Å². The number of aromatic nitrogens is 1. The second-order valence-corrected chi connectivity index (χ2v) is 5.94. The van der Waals surface area contributed by atoms with Crippen LogP contribution in [-0.4, -0.2) is 29.0 Å². The van der Waals surface area contributed by atoms with Gasteiger partial charge in [0.25, 0.3) is 5.91 Å². The summed E-state index contributed by atoms with van der Waals surface area (Å²) in [4.78, 5) is 14.9. The Labute approximate surface area is 131 Å². The number of ether oxygens (including phenoxy) is 1. The molecule has 0 unspecified atom stereocenters. The van der Waals surface area contributed by atoms with Gasteiger partial charge in [-0.05, 0) is 56.2 Å². The smallest absolute Gasteiger partial charge is 0.254 e. The molecule has 0 spiro atoms. The van der Waals surface area contributed by atoms with Crippen LogP contribution in [0, 0.1) is 13.8 Å². The molecule has 4 heteroatoms. The average molecular weight is 298 g/mol. The summed E-state index contributed by atoms with van der Waals surface area (Å²) in [6.45, 7) is 7.64. The number of carbonyl (C=O) groups is 1. The lowest BCUT2D eigenvalue weighted by molar-refractivity contribution is 0.0644. The first-order chi connectivity index (χ1) is 10.5. The fraction of sp³-hybridized carbons (Fsp3) is 0.389. The highest BCUT2D eigenvalue weighted by atomic mass is 16.5. The van der Waals surface area contributed by atoms with Crippen molar-refractivity contribution in [2.24, 2.45) is 0 Å². The molecule has 0 aliphatic carbocycles. The SMILES string of the molecule is COc1c(C)cc(C(=O)N2CCn3cccc3[C@H]2C)cc1C. The van der Waals surface area contributed by atoms with E-state index in [9.17, 15) is 4.79 Å². The highest BCUT2D eigenvalue weighted by Gasteiger charge is 2.28. The van der Waals surface area contributed by atoms with E-state index >= 15 is 0 Å². The molecule has 0 fully saturated rings. The minimum Gasteiger partial charge on any atom is -0.496 e. The van der Waals surface area contributed by atoms with Crippen LogP contribution in [0.4, 0.5) is 0 Å². The van der Waals surface area contributed by atoms with Gasteiger partial charge in [0, 0.05) is 30.5 Å². The topological polar surface area (TPSA) is 34.5 Å². The first kappa shape index (κ1) is 14.7. The summed E-state index contributed by atoms with van der Waals surface area (Å²) < 4.78 is 7.61. The van der Waals surface area contributed by atoms with Gasteiger partial charge < -0.3 is 14.2 Å². The predicted molar refractivity (Wildman–Crippen MR) is 86.4 cm³/mol. The van der Waals surface area contributed by atoms with Crippen molar-refractivity contribution in [1.29, 1.82) is 0 Å². The Kier molecular flexibility index (Phi) is 3.69. The van der Waals surface area contributed by atoms with E-state index in [1.54, 1.807) is 7.11 Å². The van der Waals surface area contributed by atoms with Crippen molar-refractivity contribution >= 4 is 5.91 Å². The Morgan fingerprint density at radius 3 is 2.55 bits per heavy atom. The van der Waals surface area contributed by atoms with Gasteiger partial charge in [-0.25, -0.2) is 0 Å². The normalized spacial score (nSPS) is 17.3. The lowest BCUT2D eigenvalue weighted by Gasteiger charge is -2.35. The third-order valence-electron chi connectivity index (χ3n) is 4.51. The second kappa shape index (κ2) is 5.52. The molecule has 2 aromatic rings. The van der Waals surface area contributed by atoms with Gasteiger partial charge in [0.15, 0.2) is 0 Å². The van der Waals surface area contributed by atoms with Crippen LogP contribution in [0.15, 0.2) is 30.5 Å². The van der Waals surface area contributed by atoms with Crippen molar-refractivity contribution in [3.05, 3.63) is 52.8 Å². The molecule has 22 heavy (non-hydrogen) atoms. The number of hydrogen-bond donors (Lipinski definition) is 0. The Balaban J connectivity index is 1.92. The Morgan fingerprint density at radius 1 is 1.23 bits per heavy atom. The first-order valence-corrected chi connectivity index (χ1v) is 7.64. The van der Waals surface area contributed by atoms with E-state index in [0.717, 1.165) is 35.5 Å². The van der Waals surface area contributed by atoms with Gasteiger partial charge in [0.1, 0.15) is 5.75 Å². The number of nitrogens with zero attached hydrogens (tertiary/aromatic N) is 2. The third-order valence-corrected chi connectivity index (χ3v) is 4.51. The zero-order chi connectivity index (χ0) is 15.9. The van der Waals surface area contributed by atoms with Gasteiger partial charge in [-0.1, -0.05) is 0 Å². The van der Waals surface area contributed by atoms with Crippen molar-refractivity contribution in [3.8, 4) is 5.75 Å². The lowest BCUT2D eigenvalue weighted by atomic mass is 10.0. The van der Waals surface area contributed by atoms with Crippen LogP contribution in [0.25, 0.3) is 0 Å². The van der Waals surface area contributed by atoms with Crippen LogP contribution in [0.1, 0.15) is 40.1 Å². The molecule has 0 radical (unpaired) electrons. The molecule has 1 amide bonds. The summed E-state index contributed by atoms with van der Waals surface area (Å²) in [6.07, 6.45) is 2.08. The van der Waals surface area contributed by atoms with Gasteiger partial charge in [0.05, 0.1) is 13.2 Å². The zero-order valence-corrected chi connectivity index (χ0v) is 13.6. The molecular formula is C18H22N2O2. The van der Waals surface area contributed by atoms with Crippen molar-refractivity contribution in [3.63, 3.8) is 0 Å². The van der Waals surface area contributed by atoms with Crippen LogP contribution in [0.3, 0.4) is 0 Å². The fourth-order valence-corrected chi connectivity index (χ4v) is 3.42. The summed E-state index contributed by atoms with van der Waals surface area (Å²) in [6, 6.07) is 8.08. The minimum absolute atomic E-state index is 0.0915. The Morgan fingerprint density at radius 2 is 1.91 bits per heavy atom. The highest BCUT2D eigenvalue weighted by molar-refractivity contribution is 5.95. The van der Waals surface area contributed by atoms with E-state index in [4.69, 9.17) is 4.74 Å². The summed E-state index contributed by atoms with van der Waals surface area (Å²) in [7, 11) is 1.66. The number of hydrogen-bond acceptors (Lipinski definition) is 2. The fourth-order valence-electron chi connectivity index (χ4n) is 3.42. The average Bonchev–Trinajstić information content (AvgIpc) is 2.96. The van der Waals surface area contributed by atoms with Gasteiger partial charge in [-0.15, -0.1) is 0 Å². The maximum absolute atomic E-state index is 12.9. The van der Waals surface area contributed by atoms with E-state index < -0.39 is 0 Å². The molecule has 0 saturated carbocycles. The minimum atomic E-state index is 0.0915. The van der Waals surface area contributed by atoms with Crippen molar-refractivity contribution < 1.29 is 9.53 Å². The van der Waals surface area contributed by atoms with Crippen LogP contribution in [-0.2, 0) is 6.54 Å². The standard InChI is InChI=1S/C18H22N2O2/c1-12-10-15(11-13(2)17(12)22-4)18(21)20-9-8-19-7-5-6-16(19)14(20)3/h5-7,10-11,14H,8-9H2,1-4H3/t14-/m1/s1. The molecule has 1 aromatic heterocycles. The largest absolute Gasteiger partial charge is 0.496 e. The van der Waals surface area contributed by atoms with E-state index in [2.05, 4.69) is 23.8 Å². The third kappa shape index (κ3) is 2.28. The lowest BCUT2D eigenvalue weighted by Crippen LogP contribution is -2.40. The summed E-state index contributed by atoms with van der Waals surface area (Å²) in [5.41, 5.74) is 3.93. The molecule has 2 heterocycles. The van der Waals surface area contributed by atoms with Crippen molar-refractivity contribution in [1.82, 2.24) is 9.47 Å². The molecule has 1 aliphatic rings. The van der Waals surface area contributed by atoms with Crippen LogP contribution in [0.2, 0.25) is 0 Å². The second-order valence-electron chi connectivity index (χ2n) is 5.94. The summed E-state index contributed by atoms with van der Waals surface area (Å²) >= 11 is 0. The summed E-state index contributed by atoms with van der Waals surface area (Å²) in [5, 5.41) is 0. The number of methoxy groups -OCH3 is 1. The quantitative estimate of drug-likeness (QED) is 0.852. The number of amides is 1. The highest BCUT2D eigenvalue weighted by Crippen LogP contribution is 2.29. The molecule has 4 nitrogen and oxygen atoms in total. The first-order valence-electron chi connectivity index (χ1n) is 7.64. The molecule has 116 valence electrons. The maximum Gasteiger partial charge on any atom is 0.254 e. The van der Waals surface area contributed by atoms with Crippen molar-refractivity contribution in [2.75, 3.05) is 13.7 Å². The van der Waals surface area contributed by atoms with E-state index in [-0.39, 0.29) is 11.9 Å². The number of aryl methyl sites for hydroxylation is 2. The van der Waals surface area contributed by atoms with Gasteiger partial charge in [-0.3, -0.25) is 4.79 Å². The molecule has 0 saturated heterocycles. The maximum atomic E-state index is 12.9. The van der Waals surface area contributed by atoms with E-state index in [1.807, 2.05) is 36.9 Å². The van der Waals surface area contributed by atoms with Gasteiger partial charge in [-0.2, -0.15) is 0 Å². The predicted octanol–water partition coefficient (Wildman–Crippen LogP) is 3.33. The van der Waals surface area contributed by atoms with E-state index in [0.29, 0.717) is 0 Å². The van der Waals surface area contributed by atoms with Crippen LogP contribution in [0.5, 0.6) is 5.75 Å². The molecule has 1 aliphatic heterocycles. The van der Waals surface area contributed by atoms with Crippen LogP contribution < -0.4 is 4.74 Å². The van der Waals surface area contributed by atoms with Gasteiger partial charge in [0.2, 0.25) is 0 Å². The Hall–Kier alpha value is -2.23. The zero-order valence-electron chi connectivity index (χ0n) is 13.6. The molecule has 1 atom stereocenters. The van der Waals surface area contributed by atoms with Crippen molar-refractivity contribution in [2.45, 2.75) is 33.4 Å². The van der Waals surface area contributed by atoms with Gasteiger partial charge >= 0.3 is 0 Å². The summed E-state index contributed by atoms with van der Waals surface area (Å²) in [5.74, 6) is 0.950. The number of benzene rings is 1. The number of rotatable bonds is 2. The monoisotopic (exact) mass is 298 g/mol. The molecule has 3 rings (SSSR count). The Bertz CT molecular complexity index is 695. The number of carbonyl (C=O) groups excluding carboxylic acids is 1. The number of fused-ring (bicyclic) bond motifs is 1. The molecule has 0 bridgehead atoms. The molecule has 0 N–H and O–H groups in total. The van der Waals surface area contributed by atoms with Crippen LogP contribution >= 0.6 is 0 Å². The molecule has 1 aromatic carbocycles. The molecular weight excluding hydrogens is 276 g/mol.